The third kappa shape index (κ3) is 3.31. The summed E-state index contributed by atoms with van der Waals surface area (Å²) >= 11 is 3.41. The molecular formula is C15H11BrO2. The number of halogens is 1. The summed E-state index contributed by atoms with van der Waals surface area (Å²) in [5.41, 5.74) is 2.36. The van der Waals surface area contributed by atoms with E-state index in [0.717, 1.165) is 15.6 Å². The summed E-state index contributed by atoms with van der Waals surface area (Å²) in [5, 5.41) is 8.79. The summed E-state index contributed by atoms with van der Waals surface area (Å²) in [6.45, 7) is 0. The van der Waals surface area contributed by atoms with Crippen molar-refractivity contribution in [2.24, 2.45) is 0 Å². The molecule has 0 spiro atoms. The van der Waals surface area contributed by atoms with E-state index >= 15 is 0 Å². The molecule has 0 fully saturated rings. The number of hydrogen-bond acceptors (Lipinski definition) is 1. The molecule has 2 rings (SSSR count). The molecule has 0 radical (unpaired) electrons. The Balaban J connectivity index is 2.16. The van der Waals surface area contributed by atoms with E-state index in [1.54, 1.807) is 24.3 Å². The minimum Gasteiger partial charge on any atom is -0.478 e. The zero-order valence-electron chi connectivity index (χ0n) is 9.51. The first kappa shape index (κ1) is 12.6. The number of hydrogen-bond donors (Lipinski definition) is 1. The van der Waals surface area contributed by atoms with Crippen LogP contribution in [-0.4, -0.2) is 11.1 Å². The molecule has 2 aromatic rings. The van der Waals surface area contributed by atoms with Crippen molar-refractivity contribution in [3.63, 3.8) is 0 Å². The molecule has 2 aromatic carbocycles. The van der Waals surface area contributed by atoms with Crippen LogP contribution in [0, 0.1) is 0 Å². The van der Waals surface area contributed by atoms with Crippen LogP contribution < -0.4 is 0 Å². The Hall–Kier alpha value is -1.87. The Morgan fingerprint density at radius 2 is 1.67 bits per heavy atom. The molecule has 0 aromatic heterocycles. The average Bonchev–Trinajstić information content (AvgIpc) is 2.37. The second kappa shape index (κ2) is 5.65. The van der Waals surface area contributed by atoms with Crippen LogP contribution >= 0.6 is 15.9 Å². The van der Waals surface area contributed by atoms with E-state index in [0.29, 0.717) is 5.56 Å². The van der Waals surface area contributed by atoms with Crippen molar-refractivity contribution >= 4 is 34.1 Å². The van der Waals surface area contributed by atoms with Gasteiger partial charge in [-0.15, -0.1) is 0 Å². The van der Waals surface area contributed by atoms with Gasteiger partial charge in [0.05, 0.1) is 5.56 Å². The average molecular weight is 303 g/mol. The highest BCUT2D eigenvalue weighted by Gasteiger charge is 1.99. The molecule has 0 saturated heterocycles. The van der Waals surface area contributed by atoms with E-state index in [4.69, 9.17) is 5.11 Å². The number of aromatic carboxylic acids is 1. The molecule has 0 aliphatic rings. The minimum absolute atomic E-state index is 0.301. The van der Waals surface area contributed by atoms with Gasteiger partial charge in [-0.25, -0.2) is 4.79 Å². The van der Waals surface area contributed by atoms with Gasteiger partial charge in [0.15, 0.2) is 0 Å². The number of carbonyl (C=O) groups is 1. The molecule has 0 bridgehead atoms. The standard InChI is InChI=1S/C15H11BrO2/c16-14-3-1-2-12(10-14)5-4-11-6-8-13(9-7-11)15(17)18/h1-10H,(H,17,18)/b5-4+. The van der Waals surface area contributed by atoms with Gasteiger partial charge >= 0.3 is 5.97 Å². The first-order valence-electron chi connectivity index (χ1n) is 5.42. The van der Waals surface area contributed by atoms with Crippen LogP contribution in [0.4, 0.5) is 0 Å². The molecule has 18 heavy (non-hydrogen) atoms. The van der Waals surface area contributed by atoms with Crippen LogP contribution in [0.5, 0.6) is 0 Å². The molecule has 0 atom stereocenters. The van der Waals surface area contributed by atoms with Gasteiger partial charge in [-0.1, -0.05) is 52.3 Å². The highest BCUT2D eigenvalue weighted by molar-refractivity contribution is 9.10. The molecule has 3 heteroatoms. The van der Waals surface area contributed by atoms with Crippen LogP contribution in [0.2, 0.25) is 0 Å². The Bertz CT molecular complexity index is 586. The predicted octanol–water partition coefficient (Wildman–Crippen LogP) is 4.32. The number of carboxylic acids is 1. The fourth-order valence-electron chi connectivity index (χ4n) is 1.54. The Labute approximate surface area is 114 Å². The monoisotopic (exact) mass is 302 g/mol. The van der Waals surface area contributed by atoms with Gasteiger partial charge in [0, 0.05) is 4.47 Å². The van der Waals surface area contributed by atoms with Gasteiger partial charge < -0.3 is 5.11 Å². The minimum atomic E-state index is -0.905. The SMILES string of the molecule is O=C(O)c1ccc(/C=C/c2cccc(Br)c2)cc1. The van der Waals surface area contributed by atoms with Crippen molar-refractivity contribution in [2.45, 2.75) is 0 Å². The van der Waals surface area contributed by atoms with Crippen molar-refractivity contribution in [2.75, 3.05) is 0 Å². The molecule has 0 heterocycles. The van der Waals surface area contributed by atoms with Crippen LogP contribution in [0.1, 0.15) is 21.5 Å². The smallest absolute Gasteiger partial charge is 0.335 e. The van der Waals surface area contributed by atoms with Gasteiger partial charge in [-0.2, -0.15) is 0 Å². The summed E-state index contributed by atoms with van der Waals surface area (Å²) in [4.78, 5) is 10.7. The summed E-state index contributed by atoms with van der Waals surface area (Å²) in [6, 6.07) is 14.7. The lowest BCUT2D eigenvalue weighted by molar-refractivity contribution is 0.0697. The van der Waals surface area contributed by atoms with Crippen LogP contribution in [0.15, 0.2) is 53.0 Å². The summed E-state index contributed by atoms with van der Waals surface area (Å²) in [6.07, 6.45) is 3.94. The maximum absolute atomic E-state index is 10.7. The highest BCUT2D eigenvalue weighted by atomic mass is 79.9. The van der Waals surface area contributed by atoms with Crippen LogP contribution in [-0.2, 0) is 0 Å². The molecule has 1 N–H and O–H groups in total. The highest BCUT2D eigenvalue weighted by Crippen LogP contribution is 2.14. The molecule has 0 aliphatic carbocycles. The predicted molar refractivity (Wildman–Crippen MR) is 76.5 cm³/mol. The van der Waals surface area contributed by atoms with E-state index in [2.05, 4.69) is 15.9 Å². The van der Waals surface area contributed by atoms with Crippen molar-refractivity contribution in [3.05, 3.63) is 69.7 Å². The van der Waals surface area contributed by atoms with Gasteiger partial charge in [-0.05, 0) is 35.4 Å². The van der Waals surface area contributed by atoms with E-state index < -0.39 is 5.97 Å². The third-order valence-electron chi connectivity index (χ3n) is 2.47. The first-order valence-corrected chi connectivity index (χ1v) is 6.21. The van der Waals surface area contributed by atoms with Crippen LogP contribution in [0.3, 0.4) is 0 Å². The molecular weight excluding hydrogens is 292 g/mol. The van der Waals surface area contributed by atoms with E-state index in [1.807, 2.05) is 36.4 Å². The van der Waals surface area contributed by atoms with Gasteiger partial charge in [0.1, 0.15) is 0 Å². The Morgan fingerprint density at radius 1 is 1.00 bits per heavy atom. The van der Waals surface area contributed by atoms with Gasteiger partial charge in [0.25, 0.3) is 0 Å². The maximum Gasteiger partial charge on any atom is 0.335 e. The Kier molecular flexibility index (Phi) is 3.95. The molecule has 0 amide bonds. The largest absolute Gasteiger partial charge is 0.478 e. The van der Waals surface area contributed by atoms with Crippen molar-refractivity contribution in [1.29, 1.82) is 0 Å². The lowest BCUT2D eigenvalue weighted by Gasteiger charge is -1.97. The molecule has 2 nitrogen and oxygen atoms in total. The second-order valence-corrected chi connectivity index (χ2v) is 4.73. The van der Waals surface area contributed by atoms with E-state index in [1.165, 1.54) is 0 Å². The summed E-state index contributed by atoms with van der Waals surface area (Å²) in [5.74, 6) is -0.905. The fourth-order valence-corrected chi connectivity index (χ4v) is 1.96. The van der Waals surface area contributed by atoms with Crippen molar-refractivity contribution in [3.8, 4) is 0 Å². The third-order valence-corrected chi connectivity index (χ3v) is 2.97. The number of benzene rings is 2. The molecule has 0 aliphatic heterocycles. The second-order valence-electron chi connectivity index (χ2n) is 3.82. The summed E-state index contributed by atoms with van der Waals surface area (Å²) < 4.78 is 1.03. The van der Waals surface area contributed by atoms with Crippen molar-refractivity contribution < 1.29 is 9.90 Å². The number of rotatable bonds is 3. The van der Waals surface area contributed by atoms with Crippen molar-refractivity contribution in [1.82, 2.24) is 0 Å². The zero-order valence-corrected chi connectivity index (χ0v) is 11.1. The van der Waals surface area contributed by atoms with E-state index in [9.17, 15) is 4.79 Å². The summed E-state index contributed by atoms with van der Waals surface area (Å²) in [7, 11) is 0. The van der Waals surface area contributed by atoms with Gasteiger partial charge in [0.2, 0.25) is 0 Å². The zero-order chi connectivity index (χ0) is 13.0. The quantitative estimate of drug-likeness (QED) is 0.858. The molecule has 0 saturated carbocycles. The van der Waals surface area contributed by atoms with Gasteiger partial charge in [-0.3, -0.25) is 0 Å². The number of carboxylic acid groups (broad SMARTS) is 1. The lowest BCUT2D eigenvalue weighted by atomic mass is 10.1. The van der Waals surface area contributed by atoms with E-state index in [-0.39, 0.29) is 0 Å². The molecule has 0 unspecified atom stereocenters. The maximum atomic E-state index is 10.7. The fraction of sp³-hybridized carbons (Fsp3) is 0. The lowest BCUT2D eigenvalue weighted by Crippen LogP contribution is -1.94. The normalized spacial score (nSPS) is 10.7. The van der Waals surface area contributed by atoms with Crippen LogP contribution in [0.25, 0.3) is 12.2 Å². The Morgan fingerprint density at radius 3 is 2.28 bits per heavy atom. The topological polar surface area (TPSA) is 37.3 Å². The first-order chi connectivity index (χ1) is 8.65. The molecule has 90 valence electrons.